The first-order valence-corrected chi connectivity index (χ1v) is 8.34. The van der Waals surface area contributed by atoms with Crippen LogP contribution >= 0.6 is 0 Å². The van der Waals surface area contributed by atoms with E-state index in [4.69, 9.17) is 0 Å². The molecule has 0 spiro atoms. The average Bonchev–Trinajstić information content (AvgIpc) is 3.29. The summed E-state index contributed by atoms with van der Waals surface area (Å²) in [6.45, 7) is 3.90. The zero-order valence-corrected chi connectivity index (χ0v) is 13.8. The molecular weight excluding hydrogens is 304 g/mol. The Hall–Kier alpha value is -2.63. The van der Waals surface area contributed by atoms with Crippen molar-refractivity contribution in [3.63, 3.8) is 0 Å². The molecule has 6 heteroatoms. The first-order valence-electron chi connectivity index (χ1n) is 8.34. The summed E-state index contributed by atoms with van der Waals surface area (Å²) >= 11 is 0. The molecule has 2 heterocycles. The Morgan fingerprint density at radius 3 is 2.75 bits per heavy atom. The lowest BCUT2D eigenvalue weighted by atomic mass is 9.97. The Balaban J connectivity index is 1.76. The van der Waals surface area contributed by atoms with Gasteiger partial charge in [0, 0.05) is 6.20 Å². The van der Waals surface area contributed by atoms with Gasteiger partial charge in [0.15, 0.2) is 0 Å². The van der Waals surface area contributed by atoms with Crippen LogP contribution in [0.3, 0.4) is 0 Å². The Morgan fingerprint density at radius 2 is 2.04 bits per heavy atom. The molecule has 0 saturated heterocycles. The van der Waals surface area contributed by atoms with Crippen LogP contribution in [0.5, 0.6) is 0 Å². The quantitative estimate of drug-likeness (QED) is 0.944. The van der Waals surface area contributed by atoms with Crippen molar-refractivity contribution in [3.8, 4) is 0 Å². The van der Waals surface area contributed by atoms with Gasteiger partial charge in [-0.3, -0.25) is 19.2 Å². The number of amides is 2. The summed E-state index contributed by atoms with van der Waals surface area (Å²) in [6, 6.07) is 7.30. The van der Waals surface area contributed by atoms with E-state index >= 15 is 0 Å². The van der Waals surface area contributed by atoms with Crippen LogP contribution in [0.4, 0.5) is 11.4 Å². The number of nitrogens with zero attached hydrogens (tertiary/aromatic N) is 3. The minimum Gasteiger partial charge on any atom is -0.322 e. The summed E-state index contributed by atoms with van der Waals surface area (Å²) < 4.78 is 1.85. The molecule has 2 amide bonds. The van der Waals surface area contributed by atoms with Gasteiger partial charge in [-0.2, -0.15) is 5.10 Å². The third-order valence-electron chi connectivity index (χ3n) is 4.59. The monoisotopic (exact) mass is 324 g/mol. The molecule has 4 rings (SSSR count). The Bertz CT molecular complexity index is 807. The molecule has 2 aliphatic rings. The highest BCUT2D eigenvalue weighted by atomic mass is 16.2. The van der Waals surface area contributed by atoms with Gasteiger partial charge in [0.05, 0.1) is 29.2 Å². The van der Waals surface area contributed by atoms with Crippen LogP contribution in [-0.4, -0.2) is 27.6 Å². The first kappa shape index (κ1) is 14.9. The molecular formula is C18H20N4O2. The number of carbonyl (C=O) groups excluding carboxylic acids is 2. The standard InChI is InChI=1S/C18H20N4O2/c1-11(2)16-17(23)20-14-5-3-4-6-15(14)22(16)18(24)12-9-19-21(10-12)13-7-8-13/h3-6,9-11,13,16H,7-8H2,1-2H3,(H,20,23)/t16-/m0/s1. The normalized spacial score (nSPS) is 20.0. The van der Waals surface area contributed by atoms with Crippen LogP contribution in [0.1, 0.15) is 43.1 Å². The predicted octanol–water partition coefficient (Wildman–Crippen LogP) is 2.84. The highest BCUT2D eigenvalue weighted by molar-refractivity contribution is 6.16. The van der Waals surface area contributed by atoms with Gasteiger partial charge < -0.3 is 5.32 Å². The van der Waals surface area contributed by atoms with Gasteiger partial charge in [0.1, 0.15) is 6.04 Å². The highest BCUT2D eigenvalue weighted by Gasteiger charge is 2.39. The van der Waals surface area contributed by atoms with Crippen molar-refractivity contribution in [1.29, 1.82) is 0 Å². The highest BCUT2D eigenvalue weighted by Crippen LogP contribution is 2.36. The summed E-state index contributed by atoms with van der Waals surface area (Å²) in [4.78, 5) is 27.3. The van der Waals surface area contributed by atoms with Gasteiger partial charge in [-0.1, -0.05) is 26.0 Å². The molecule has 124 valence electrons. The molecule has 1 aliphatic carbocycles. The molecule has 2 aromatic rings. The second-order valence-electron chi connectivity index (χ2n) is 6.81. The van der Waals surface area contributed by atoms with E-state index in [1.54, 1.807) is 17.3 Å². The second-order valence-corrected chi connectivity index (χ2v) is 6.81. The fourth-order valence-corrected chi connectivity index (χ4v) is 3.23. The molecule has 1 aromatic heterocycles. The fourth-order valence-electron chi connectivity index (χ4n) is 3.23. The number of nitrogens with one attached hydrogen (secondary N) is 1. The van der Waals surface area contributed by atoms with E-state index in [0.717, 1.165) is 18.5 Å². The number of benzene rings is 1. The van der Waals surface area contributed by atoms with E-state index < -0.39 is 6.04 Å². The minimum absolute atomic E-state index is 0.000725. The van der Waals surface area contributed by atoms with Crippen LogP contribution in [0.25, 0.3) is 0 Å². The van der Waals surface area contributed by atoms with Crippen LogP contribution in [-0.2, 0) is 4.79 Å². The Morgan fingerprint density at radius 1 is 1.29 bits per heavy atom. The Labute approximate surface area is 140 Å². The molecule has 1 saturated carbocycles. The first-order chi connectivity index (χ1) is 11.6. The number of aromatic nitrogens is 2. The summed E-state index contributed by atoms with van der Waals surface area (Å²) in [7, 11) is 0. The number of hydrogen-bond donors (Lipinski definition) is 1. The molecule has 1 aliphatic heterocycles. The van der Waals surface area contributed by atoms with E-state index in [-0.39, 0.29) is 17.7 Å². The van der Waals surface area contributed by atoms with Crippen molar-refractivity contribution in [3.05, 3.63) is 42.2 Å². The second kappa shape index (κ2) is 5.47. The van der Waals surface area contributed by atoms with Gasteiger partial charge in [-0.15, -0.1) is 0 Å². The molecule has 0 radical (unpaired) electrons. The fraction of sp³-hybridized carbons (Fsp3) is 0.389. The molecule has 1 fully saturated rings. The van der Waals surface area contributed by atoms with Gasteiger partial charge in [0.2, 0.25) is 5.91 Å². The largest absolute Gasteiger partial charge is 0.322 e. The van der Waals surface area contributed by atoms with Gasteiger partial charge >= 0.3 is 0 Å². The van der Waals surface area contributed by atoms with Crippen molar-refractivity contribution >= 4 is 23.2 Å². The van der Waals surface area contributed by atoms with E-state index in [0.29, 0.717) is 17.3 Å². The van der Waals surface area contributed by atoms with Gasteiger partial charge in [-0.05, 0) is 30.9 Å². The summed E-state index contributed by atoms with van der Waals surface area (Å²) in [6.07, 6.45) is 5.62. The maximum absolute atomic E-state index is 13.2. The molecule has 1 aromatic carbocycles. The summed E-state index contributed by atoms with van der Waals surface area (Å²) in [5.74, 6) is -0.324. The van der Waals surface area contributed by atoms with Crippen molar-refractivity contribution in [1.82, 2.24) is 9.78 Å². The van der Waals surface area contributed by atoms with Crippen LogP contribution < -0.4 is 10.2 Å². The maximum atomic E-state index is 13.2. The maximum Gasteiger partial charge on any atom is 0.262 e. The molecule has 0 unspecified atom stereocenters. The lowest BCUT2D eigenvalue weighted by molar-refractivity contribution is -0.118. The molecule has 24 heavy (non-hydrogen) atoms. The third-order valence-corrected chi connectivity index (χ3v) is 4.59. The number of carbonyl (C=O) groups is 2. The smallest absolute Gasteiger partial charge is 0.262 e. The lowest BCUT2D eigenvalue weighted by Crippen LogP contribution is -2.53. The zero-order valence-electron chi connectivity index (χ0n) is 13.8. The van der Waals surface area contributed by atoms with Crippen molar-refractivity contribution < 1.29 is 9.59 Å². The number of anilines is 2. The molecule has 6 nitrogen and oxygen atoms in total. The molecule has 0 bridgehead atoms. The molecule has 1 N–H and O–H groups in total. The Kier molecular flexibility index (Phi) is 3.40. The van der Waals surface area contributed by atoms with E-state index in [9.17, 15) is 9.59 Å². The lowest BCUT2D eigenvalue weighted by Gasteiger charge is -2.38. The summed E-state index contributed by atoms with van der Waals surface area (Å²) in [5.41, 5.74) is 1.93. The molecule has 1 atom stereocenters. The zero-order chi connectivity index (χ0) is 16.8. The topological polar surface area (TPSA) is 67.2 Å². The van der Waals surface area contributed by atoms with Crippen molar-refractivity contribution in [2.75, 3.05) is 10.2 Å². The minimum atomic E-state index is -0.531. The van der Waals surface area contributed by atoms with Crippen molar-refractivity contribution in [2.45, 2.75) is 38.8 Å². The van der Waals surface area contributed by atoms with Crippen molar-refractivity contribution in [2.24, 2.45) is 5.92 Å². The van der Waals surface area contributed by atoms with Gasteiger partial charge in [0.25, 0.3) is 5.91 Å². The van der Waals surface area contributed by atoms with Crippen LogP contribution in [0, 0.1) is 5.92 Å². The van der Waals surface area contributed by atoms with Crippen LogP contribution in [0.2, 0.25) is 0 Å². The SMILES string of the molecule is CC(C)[C@H]1C(=O)Nc2ccccc2N1C(=O)c1cnn(C2CC2)c1. The number of para-hydroxylation sites is 2. The van der Waals surface area contributed by atoms with E-state index in [1.165, 1.54) is 0 Å². The number of hydrogen-bond acceptors (Lipinski definition) is 3. The number of rotatable bonds is 3. The average molecular weight is 324 g/mol. The third kappa shape index (κ3) is 2.38. The van der Waals surface area contributed by atoms with E-state index in [2.05, 4.69) is 10.4 Å². The van der Waals surface area contributed by atoms with E-state index in [1.807, 2.05) is 42.8 Å². The van der Waals surface area contributed by atoms with Crippen LogP contribution in [0.15, 0.2) is 36.7 Å². The summed E-state index contributed by atoms with van der Waals surface area (Å²) in [5, 5.41) is 7.22. The number of fused-ring (bicyclic) bond motifs is 1. The predicted molar refractivity (Wildman–Crippen MR) is 91.0 cm³/mol. The van der Waals surface area contributed by atoms with Gasteiger partial charge in [-0.25, -0.2) is 0 Å².